The lowest BCUT2D eigenvalue weighted by atomic mass is 9.97. The molecule has 2 unspecified atom stereocenters. The molecular weight excluding hydrogens is 286 g/mol. The predicted octanol–water partition coefficient (Wildman–Crippen LogP) is 2.98. The van der Waals surface area contributed by atoms with E-state index in [1.807, 2.05) is 48.2 Å². The molecule has 4 heteroatoms. The first-order valence-corrected chi connectivity index (χ1v) is 8.25. The predicted molar refractivity (Wildman–Crippen MR) is 93.8 cm³/mol. The van der Waals surface area contributed by atoms with Crippen LogP contribution in [0.4, 0.5) is 0 Å². The van der Waals surface area contributed by atoms with E-state index in [4.69, 9.17) is 5.73 Å². The number of fused-ring (bicyclic) bond motifs is 1. The molecule has 2 heterocycles. The first kappa shape index (κ1) is 15.7. The zero-order valence-corrected chi connectivity index (χ0v) is 13.5. The zero-order valence-electron chi connectivity index (χ0n) is 13.5. The van der Waals surface area contributed by atoms with Gasteiger partial charge in [-0.25, -0.2) is 4.98 Å². The molecule has 2 aromatic rings. The van der Waals surface area contributed by atoms with Gasteiger partial charge in [-0.15, -0.1) is 0 Å². The van der Waals surface area contributed by atoms with Crippen molar-refractivity contribution in [1.29, 1.82) is 0 Å². The summed E-state index contributed by atoms with van der Waals surface area (Å²) < 4.78 is 0. The Kier molecular flexibility index (Phi) is 4.72. The third kappa shape index (κ3) is 3.59. The van der Waals surface area contributed by atoms with E-state index < -0.39 is 0 Å². The minimum atomic E-state index is 0.00597. The molecular formula is C19H23N3O. The van der Waals surface area contributed by atoms with E-state index in [2.05, 4.69) is 4.98 Å². The molecule has 120 valence electrons. The average molecular weight is 309 g/mol. The monoisotopic (exact) mass is 309 g/mol. The van der Waals surface area contributed by atoms with Crippen molar-refractivity contribution >= 4 is 22.9 Å². The first-order valence-electron chi connectivity index (χ1n) is 8.25. The van der Waals surface area contributed by atoms with Crippen molar-refractivity contribution in [2.24, 2.45) is 5.73 Å². The number of aromatic nitrogens is 1. The fourth-order valence-electron chi connectivity index (χ4n) is 3.20. The molecule has 1 aliphatic rings. The number of amides is 1. The van der Waals surface area contributed by atoms with Gasteiger partial charge in [0.25, 0.3) is 0 Å². The molecule has 23 heavy (non-hydrogen) atoms. The molecule has 2 N–H and O–H groups in total. The van der Waals surface area contributed by atoms with Gasteiger partial charge >= 0.3 is 0 Å². The molecule has 0 bridgehead atoms. The lowest BCUT2D eigenvalue weighted by molar-refractivity contribution is -0.129. The summed E-state index contributed by atoms with van der Waals surface area (Å²) in [5, 5.41) is 1.10. The number of hydrogen-bond donors (Lipinski definition) is 1. The van der Waals surface area contributed by atoms with Gasteiger partial charge in [0.15, 0.2) is 0 Å². The van der Waals surface area contributed by atoms with Crippen LogP contribution in [0.3, 0.4) is 0 Å². The quantitative estimate of drug-likeness (QED) is 0.887. The van der Waals surface area contributed by atoms with Gasteiger partial charge in [0.1, 0.15) is 0 Å². The normalized spacial score (nSPS) is 20.1. The SMILES string of the molecule is CC(N)C1CCCCN1C(=O)C=Cc1ccc2ccccc2n1. The lowest BCUT2D eigenvalue weighted by Crippen LogP contribution is -2.51. The number of carbonyl (C=O) groups excluding carboxylic acids is 1. The maximum absolute atomic E-state index is 12.5. The first-order chi connectivity index (χ1) is 11.1. The summed E-state index contributed by atoms with van der Waals surface area (Å²) >= 11 is 0. The number of benzene rings is 1. The summed E-state index contributed by atoms with van der Waals surface area (Å²) in [6, 6.07) is 12.1. The molecule has 1 amide bonds. The molecule has 1 aliphatic heterocycles. The van der Waals surface area contributed by atoms with Gasteiger partial charge in [0.2, 0.25) is 5.91 Å². The molecule has 1 fully saturated rings. The van der Waals surface area contributed by atoms with E-state index >= 15 is 0 Å². The topological polar surface area (TPSA) is 59.2 Å². The minimum Gasteiger partial charge on any atom is -0.335 e. The summed E-state index contributed by atoms with van der Waals surface area (Å²) in [6.45, 7) is 2.77. The molecule has 1 aromatic carbocycles. The number of nitrogens with zero attached hydrogens (tertiary/aromatic N) is 2. The van der Waals surface area contributed by atoms with Gasteiger partial charge in [-0.3, -0.25) is 4.79 Å². The van der Waals surface area contributed by atoms with Gasteiger partial charge in [0.05, 0.1) is 11.2 Å². The summed E-state index contributed by atoms with van der Waals surface area (Å²) in [4.78, 5) is 19.0. The fourth-order valence-corrected chi connectivity index (χ4v) is 3.20. The van der Waals surface area contributed by atoms with E-state index in [-0.39, 0.29) is 18.0 Å². The average Bonchev–Trinajstić information content (AvgIpc) is 2.59. The second-order valence-corrected chi connectivity index (χ2v) is 6.22. The molecule has 4 nitrogen and oxygen atoms in total. The lowest BCUT2D eigenvalue weighted by Gasteiger charge is -2.37. The van der Waals surface area contributed by atoms with Crippen LogP contribution in [0.5, 0.6) is 0 Å². The molecule has 0 aliphatic carbocycles. The van der Waals surface area contributed by atoms with E-state index in [0.29, 0.717) is 0 Å². The number of rotatable bonds is 3. The summed E-state index contributed by atoms with van der Waals surface area (Å²) in [5.41, 5.74) is 7.77. The molecule has 0 saturated carbocycles. The van der Waals surface area contributed by atoms with Crippen molar-refractivity contribution in [1.82, 2.24) is 9.88 Å². The minimum absolute atomic E-state index is 0.00597. The van der Waals surface area contributed by atoms with E-state index in [0.717, 1.165) is 42.4 Å². The molecule has 0 spiro atoms. The van der Waals surface area contributed by atoms with Crippen LogP contribution in [0.2, 0.25) is 0 Å². The summed E-state index contributed by atoms with van der Waals surface area (Å²) in [5.74, 6) is 0.0296. The number of hydrogen-bond acceptors (Lipinski definition) is 3. The highest BCUT2D eigenvalue weighted by molar-refractivity contribution is 5.92. The molecule has 1 aromatic heterocycles. The van der Waals surface area contributed by atoms with E-state index in [1.54, 1.807) is 12.2 Å². The van der Waals surface area contributed by atoms with Gasteiger partial charge in [-0.1, -0.05) is 24.3 Å². The van der Waals surface area contributed by atoms with Crippen LogP contribution in [0.1, 0.15) is 31.9 Å². The molecule has 1 saturated heterocycles. The highest BCUT2D eigenvalue weighted by Gasteiger charge is 2.27. The van der Waals surface area contributed by atoms with E-state index in [1.165, 1.54) is 0 Å². The smallest absolute Gasteiger partial charge is 0.246 e. The van der Waals surface area contributed by atoms with Crippen molar-refractivity contribution in [3.8, 4) is 0 Å². The van der Waals surface area contributed by atoms with Gasteiger partial charge in [-0.05, 0) is 44.4 Å². The van der Waals surface area contributed by atoms with Crippen LogP contribution in [-0.2, 0) is 4.79 Å². The Bertz CT molecular complexity index is 723. The third-order valence-corrected chi connectivity index (χ3v) is 4.46. The summed E-state index contributed by atoms with van der Waals surface area (Å²) in [7, 11) is 0. The van der Waals surface area contributed by atoms with Crippen LogP contribution >= 0.6 is 0 Å². The number of nitrogens with two attached hydrogens (primary N) is 1. The molecule has 0 radical (unpaired) electrons. The Balaban J connectivity index is 1.76. The summed E-state index contributed by atoms with van der Waals surface area (Å²) in [6.07, 6.45) is 6.61. The van der Waals surface area contributed by atoms with Crippen molar-refractivity contribution in [3.05, 3.63) is 48.2 Å². The van der Waals surface area contributed by atoms with Crippen molar-refractivity contribution < 1.29 is 4.79 Å². The van der Waals surface area contributed by atoms with Crippen molar-refractivity contribution in [2.45, 2.75) is 38.3 Å². The van der Waals surface area contributed by atoms with Crippen LogP contribution in [0.25, 0.3) is 17.0 Å². The highest BCUT2D eigenvalue weighted by atomic mass is 16.2. The Morgan fingerprint density at radius 2 is 2.13 bits per heavy atom. The second-order valence-electron chi connectivity index (χ2n) is 6.22. The Morgan fingerprint density at radius 3 is 2.96 bits per heavy atom. The zero-order chi connectivity index (χ0) is 16.2. The Labute approximate surface area is 137 Å². The van der Waals surface area contributed by atoms with Crippen LogP contribution in [0, 0.1) is 0 Å². The second kappa shape index (κ2) is 6.92. The number of carbonyl (C=O) groups is 1. The number of para-hydroxylation sites is 1. The highest BCUT2D eigenvalue weighted by Crippen LogP contribution is 2.20. The fraction of sp³-hybridized carbons (Fsp3) is 0.368. The Morgan fingerprint density at radius 1 is 1.30 bits per heavy atom. The van der Waals surface area contributed by atoms with Crippen LogP contribution < -0.4 is 5.73 Å². The van der Waals surface area contributed by atoms with Gasteiger partial charge in [-0.2, -0.15) is 0 Å². The Hall–Kier alpha value is -2.20. The van der Waals surface area contributed by atoms with Gasteiger partial charge in [0, 0.05) is 30.1 Å². The maximum atomic E-state index is 12.5. The molecule has 2 atom stereocenters. The molecule has 3 rings (SSSR count). The number of pyridine rings is 1. The van der Waals surface area contributed by atoms with Crippen molar-refractivity contribution in [2.75, 3.05) is 6.54 Å². The van der Waals surface area contributed by atoms with E-state index in [9.17, 15) is 4.79 Å². The number of piperidine rings is 1. The number of likely N-dealkylation sites (tertiary alicyclic amines) is 1. The van der Waals surface area contributed by atoms with Crippen LogP contribution in [-0.4, -0.2) is 34.4 Å². The third-order valence-electron chi connectivity index (χ3n) is 4.46. The van der Waals surface area contributed by atoms with Crippen LogP contribution in [0.15, 0.2) is 42.5 Å². The van der Waals surface area contributed by atoms with Gasteiger partial charge < -0.3 is 10.6 Å². The largest absolute Gasteiger partial charge is 0.335 e. The standard InChI is InChI=1S/C19H23N3O/c1-14(20)18-8-4-5-13-22(18)19(23)12-11-16-10-9-15-6-2-3-7-17(15)21-16/h2-3,6-7,9-12,14,18H,4-5,8,13,20H2,1H3. The maximum Gasteiger partial charge on any atom is 0.246 e. The van der Waals surface area contributed by atoms with Crippen molar-refractivity contribution in [3.63, 3.8) is 0 Å².